The maximum atomic E-state index is 14.2. The Balaban J connectivity index is 2.73. The molecule has 1 N–H and O–H groups in total. The lowest BCUT2D eigenvalue weighted by Crippen LogP contribution is -2.44. The van der Waals surface area contributed by atoms with Crippen molar-refractivity contribution in [1.82, 2.24) is 4.90 Å². The number of benzene rings is 2. The molecule has 1 unspecified atom stereocenters. The molecule has 0 radical (unpaired) electrons. The molecule has 0 spiro atoms. The normalized spacial score (nSPS) is 14.2. The zero-order valence-electron chi connectivity index (χ0n) is 16.0. The van der Waals surface area contributed by atoms with Gasteiger partial charge >= 0.3 is 6.18 Å². The van der Waals surface area contributed by atoms with Crippen molar-refractivity contribution in [2.45, 2.75) is 25.6 Å². The van der Waals surface area contributed by atoms with E-state index in [0.717, 1.165) is 18.2 Å². The number of hydrogen-bond acceptors (Lipinski definition) is 3. The monoisotopic (exact) mass is 398 g/mol. The quantitative estimate of drug-likeness (QED) is 0.441. The number of methoxy groups -OCH3 is 1. The molecule has 0 fully saturated rings. The highest BCUT2D eigenvalue weighted by atomic mass is 19.4. The van der Waals surface area contributed by atoms with Crippen LogP contribution < -0.4 is 4.74 Å². The Hall–Kier alpha value is -2.61. The summed E-state index contributed by atoms with van der Waals surface area (Å²) in [5.74, 6) is -1.42. The van der Waals surface area contributed by atoms with E-state index >= 15 is 0 Å². The van der Waals surface area contributed by atoms with Gasteiger partial charge in [-0.05, 0) is 31.5 Å². The smallest absolute Gasteiger partial charge is 0.426 e. The van der Waals surface area contributed by atoms with Crippen LogP contribution in [0.1, 0.15) is 23.6 Å². The molecule has 152 valence electrons. The summed E-state index contributed by atoms with van der Waals surface area (Å²) in [6, 6.07) is 6.66. The molecule has 0 saturated carbocycles. The van der Waals surface area contributed by atoms with Crippen LogP contribution in [0.25, 0.3) is 0 Å². The van der Waals surface area contributed by atoms with Gasteiger partial charge in [0.2, 0.25) is 5.60 Å². The Morgan fingerprint density at radius 1 is 1.18 bits per heavy atom. The maximum absolute atomic E-state index is 14.2. The fraction of sp³-hybridized carbons (Fsp3) is 0.350. The summed E-state index contributed by atoms with van der Waals surface area (Å²) in [6.07, 6.45) is -3.66. The first-order valence-corrected chi connectivity index (χ1v) is 8.53. The molecule has 4 nitrogen and oxygen atoms in total. The van der Waals surface area contributed by atoms with Crippen LogP contribution in [0.15, 0.2) is 41.4 Å². The van der Waals surface area contributed by atoms with Crippen LogP contribution in [-0.2, 0) is 5.60 Å². The number of hydrogen-bond donors (Lipinski definition) is 1. The Bertz CT molecular complexity index is 868. The third-order valence-electron chi connectivity index (χ3n) is 4.47. The molecule has 0 saturated heterocycles. The second-order valence-electron chi connectivity index (χ2n) is 6.34. The van der Waals surface area contributed by atoms with Crippen molar-refractivity contribution in [3.8, 4) is 5.75 Å². The summed E-state index contributed by atoms with van der Waals surface area (Å²) in [5.41, 5.74) is -4.35. The molecule has 0 aromatic heterocycles. The van der Waals surface area contributed by atoms with Gasteiger partial charge in [-0.3, -0.25) is 0 Å². The number of nitrogens with zero attached hydrogens (tertiary/aromatic N) is 2. The summed E-state index contributed by atoms with van der Waals surface area (Å²) in [6.45, 7) is 4.17. The standard InChI is InChI=1S/C20H22F4N2O2/c1-5-26(3)12-25-17-11-18(28-4)15(10-13(17)2)19(27,20(22,23)24)14-8-6-7-9-16(14)21/h6-12,27H,5H2,1-4H3. The van der Waals surface area contributed by atoms with E-state index < -0.39 is 28.7 Å². The Morgan fingerprint density at radius 2 is 1.82 bits per heavy atom. The molecule has 2 aromatic carbocycles. The largest absolute Gasteiger partial charge is 0.496 e. The lowest BCUT2D eigenvalue weighted by Gasteiger charge is -2.33. The minimum atomic E-state index is -5.19. The van der Waals surface area contributed by atoms with Crippen molar-refractivity contribution in [2.24, 2.45) is 4.99 Å². The van der Waals surface area contributed by atoms with E-state index in [1.807, 2.05) is 6.92 Å². The fourth-order valence-corrected chi connectivity index (χ4v) is 2.72. The highest BCUT2D eigenvalue weighted by molar-refractivity contribution is 5.66. The zero-order chi connectivity index (χ0) is 21.1. The van der Waals surface area contributed by atoms with Crippen LogP contribution in [-0.4, -0.2) is 43.2 Å². The average Bonchev–Trinajstić information content (AvgIpc) is 2.65. The van der Waals surface area contributed by atoms with Crippen molar-refractivity contribution in [2.75, 3.05) is 20.7 Å². The fourth-order valence-electron chi connectivity index (χ4n) is 2.72. The number of alkyl halides is 3. The highest BCUT2D eigenvalue weighted by Crippen LogP contribution is 2.49. The predicted octanol–water partition coefficient (Wildman–Crippen LogP) is 4.55. The van der Waals surface area contributed by atoms with Gasteiger partial charge in [0.15, 0.2) is 0 Å². The van der Waals surface area contributed by atoms with Crippen LogP contribution in [0.4, 0.5) is 23.2 Å². The second kappa shape index (κ2) is 8.18. The number of aryl methyl sites for hydroxylation is 1. The van der Waals surface area contributed by atoms with Crippen LogP contribution in [0.2, 0.25) is 0 Å². The third kappa shape index (κ3) is 3.96. The number of ether oxygens (including phenoxy) is 1. The SMILES string of the molecule is CCN(C)C=Nc1cc(OC)c(C(O)(c2ccccc2F)C(F)(F)F)cc1C. The van der Waals surface area contributed by atoms with Crippen molar-refractivity contribution < 1.29 is 27.4 Å². The topological polar surface area (TPSA) is 45.1 Å². The zero-order valence-corrected chi connectivity index (χ0v) is 16.0. The van der Waals surface area contributed by atoms with E-state index in [0.29, 0.717) is 17.8 Å². The summed E-state index contributed by atoms with van der Waals surface area (Å²) >= 11 is 0. The van der Waals surface area contributed by atoms with Crippen molar-refractivity contribution in [3.05, 3.63) is 58.9 Å². The lowest BCUT2D eigenvalue weighted by atomic mass is 9.83. The van der Waals surface area contributed by atoms with Crippen LogP contribution in [0.5, 0.6) is 5.75 Å². The number of aliphatic hydroxyl groups is 1. The van der Waals surface area contributed by atoms with E-state index in [2.05, 4.69) is 4.99 Å². The minimum absolute atomic E-state index is 0.250. The van der Waals surface area contributed by atoms with E-state index in [1.165, 1.54) is 31.6 Å². The average molecular weight is 398 g/mol. The van der Waals surface area contributed by atoms with Gasteiger partial charge in [0.05, 0.1) is 19.1 Å². The van der Waals surface area contributed by atoms with Gasteiger partial charge in [-0.15, -0.1) is 0 Å². The van der Waals surface area contributed by atoms with Gasteiger partial charge in [0, 0.05) is 30.8 Å². The molecule has 1 atom stereocenters. The van der Waals surface area contributed by atoms with Gasteiger partial charge in [-0.2, -0.15) is 13.2 Å². The summed E-state index contributed by atoms with van der Waals surface area (Å²) in [7, 11) is 2.98. The molecule has 2 aromatic rings. The number of halogens is 4. The first kappa shape index (κ1) is 21.7. The molecular weight excluding hydrogens is 376 g/mol. The molecule has 8 heteroatoms. The molecule has 28 heavy (non-hydrogen) atoms. The summed E-state index contributed by atoms with van der Waals surface area (Å²) in [4.78, 5) is 6.03. The molecule has 0 aliphatic rings. The van der Waals surface area contributed by atoms with Gasteiger partial charge in [-0.25, -0.2) is 9.38 Å². The van der Waals surface area contributed by atoms with Gasteiger partial charge in [-0.1, -0.05) is 18.2 Å². The Morgan fingerprint density at radius 3 is 2.36 bits per heavy atom. The predicted molar refractivity (Wildman–Crippen MR) is 99.6 cm³/mol. The third-order valence-corrected chi connectivity index (χ3v) is 4.47. The maximum Gasteiger partial charge on any atom is 0.426 e. The van der Waals surface area contributed by atoms with Crippen LogP contribution >= 0.6 is 0 Å². The summed E-state index contributed by atoms with van der Waals surface area (Å²) in [5, 5.41) is 10.8. The minimum Gasteiger partial charge on any atom is -0.496 e. The number of aliphatic imine (C=N–C) groups is 1. The van der Waals surface area contributed by atoms with Crippen LogP contribution in [0.3, 0.4) is 0 Å². The van der Waals surface area contributed by atoms with Gasteiger partial charge in [0.25, 0.3) is 0 Å². The van der Waals surface area contributed by atoms with E-state index in [1.54, 1.807) is 18.9 Å². The van der Waals surface area contributed by atoms with Crippen molar-refractivity contribution in [3.63, 3.8) is 0 Å². The summed E-state index contributed by atoms with van der Waals surface area (Å²) < 4.78 is 61.3. The first-order chi connectivity index (χ1) is 13.1. The van der Waals surface area contributed by atoms with E-state index in [9.17, 15) is 22.7 Å². The van der Waals surface area contributed by atoms with Crippen molar-refractivity contribution in [1.29, 1.82) is 0 Å². The van der Waals surface area contributed by atoms with E-state index in [-0.39, 0.29) is 5.75 Å². The molecule has 0 bridgehead atoms. The Kier molecular flexibility index (Phi) is 6.34. The molecule has 0 aliphatic heterocycles. The van der Waals surface area contributed by atoms with Crippen molar-refractivity contribution >= 4 is 12.0 Å². The molecule has 0 heterocycles. The molecule has 0 aliphatic carbocycles. The Labute approximate surface area is 161 Å². The second-order valence-corrected chi connectivity index (χ2v) is 6.34. The molecule has 2 rings (SSSR count). The van der Waals surface area contributed by atoms with E-state index in [4.69, 9.17) is 4.74 Å². The van der Waals surface area contributed by atoms with Gasteiger partial charge in [0.1, 0.15) is 11.6 Å². The van der Waals surface area contributed by atoms with Crippen LogP contribution in [0, 0.1) is 12.7 Å². The number of rotatable bonds is 6. The first-order valence-electron chi connectivity index (χ1n) is 8.53. The highest BCUT2D eigenvalue weighted by Gasteiger charge is 2.58. The van der Waals surface area contributed by atoms with Gasteiger partial charge < -0.3 is 14.7 Å². The lowest BCUT2D eigenvalue weighted by molar-refractivity contribution is -0.249. The molecular formula is C20H22F4N2O2. The molecule has 0 amide bonds.